The Bertz CT molecular complexity index is 891. The number of benzene rings is 2. The van der Waals surface area contributed by atoms with Gasteiger partial charge in [-0.1, -0.05) is 68.5 Å². The normalized spacial score (nSPS) is 16.3. The molecule has 2 aromatic rings. The molecule has 1 atom stereocenters. The van der Waals surface area contributed by atoms with E-state index in [1.54, 1.807) is 24.3 Å². The molecule has 1 unspecified atom stereocenters. The van der Waals surface area contributed by atoms with E-state index < -0.39 is 10.0 Å². The number of hydrogen-bond donors (Lipinski definition) is 2. The van der Waals surface area contributed by atoms with Crippen LogP contribution in [0.1, 0.15) is 60.5 Å². The van der Waals surface area contributed by atoms with Gasteiger partial charge in [0, 0.05) is 11.3 Å². The van der Waals surface area contributed by atoms with E-state index in [2.05, 4.69) is 22.2 Å². The molecular weight excluding hydrogens is 372 g/mol. The molecule has 0 saturated heterocycles. The average Bonchev–Trinajstić information content (AvgIpc) is 2.68. The lowest BCUT2D eigenvalue weighted by molar-refractivity contribution is 0.0928. The number of carbonyl (C=O) groups is 1. The van der Waals surface area contributed by atoms with Crippen molar-refractivity contribution in [1.82, 2.24) is 5.32 Å². The van der Waals surface area contributed by atoms with E-state index in [0.717, 1.165) is 18.2 Å². The fraction of sp³-hybridized carbons (Fsp3) is 0.409. The summed E-state index contributed by atoms with van der Waals surface area (Å²) in [6, 6.07) is 16.6. The average molecular weight is 401 g/mol. The number of nitrogens with one attached hydrogen (secondary N) is 2. The highest BCUT2D eigenvalue weighted by atomic mass is 32.2. The van der Waals surface area contributed by atoms with E-state index in [0.29, 0.717) is 17.2 Å². The van der Waals surface area contributed by atoms with Gasteiger partial charge in [0.15, 0.2) is 0 Å². The molecule has 2 aromatic carbocycles. The lowest BCUT2D eigenvalue weighted by atomic mass is 9.83. The van der Waals surface area contributed by atoms with Crippen LogP contribution < -0.4 is 10.0 Å². The van der Waals surface area contributed by atoms with Gasteiger partial charge in [-0.2, -0.15) is 0 Å². The summed E-state index contributed by atoms with van der Waals surface area (Å²) in [4.78, 5) is 12.9. The van der Waals surface area contributed by atoms with Crippen LogP contribution in [-0.4, -0.2) is 20.6 Å². The lowest BCUT2D eigenvalue weighted by Gasteiger charge is -2.27. The second-order valence-corrected chi connectivity index (χ2v) is 9.38. The Hall–Kier alpha value is -2.34. The predicted octanol–water partition coefficient (Wildman–Crippen LogP) is 4.50. The summed E-state index contributed by atoms with van der Waals surface area (Å²) in [7, 11) is -3.39. The molecule has 0 spiro atoms. The van der Waals surface area contributed by atoms with Crippen LogP contribution in [0.4, 0.5) is 5.69 Å². The first-order chi connectivity index (χ1) is 13.4. The predicted molar refractivity (Wildman–Crippen MR) is 113 cm³/mol. The van der Waals surface area contributed by atoms with Crippen molar-refractivity contribution in [2.24, 2.45) is 5.92 Å². The van der Waals surface area contributed by atoms with E-state index in [4.69, 9.17) is 0 Å². The number of hydrogen-bond acceptors (Lipinski definition) is 3. The van der Waals surface area contributed by atoms with Crippen LogP contribution in [0.15, 0.2) is 54.6 Å². The van der Waals surface area contributed by atoms with E-state index in [1.165, 1.54) is 32.1 Å². The van der Waals surface area contributed by atoms with Crippen LogP contribution >= 0.6 is 0 Å². The Labute approximate surface area is 167 Å². The molecule has 1 aliphatic rings. The van der Waals surface area contributed by atoms with E-state index in [1.807, 2.05) is 18.2 Å². The Morgan fingerprint density at radius 1 is 1.04 bits per heavy atom. The molecule has 0 heterocycles. The molecule has 3 rings (SSSR count). The highest BCUT2D eigenvalue weighted by molar-refractivity contribution is 7.92. The standard InChI is InChI=1S/C22H28N2O3S/c1-28(26,27)24-20-14-8-13-19(16-20)22(25)23-21(18-11-6-3-7-12-18)15-17-9-4-2-5-10-17/h3,6-8,11-14,16-17,21,24H,2,4-5,9-10,15H2,1H3,(H,23,25). The maximum Gasteiger partial charge on any atom is 0.251 e. The van der Waals surface area contributed by atoms with Crippen molar-refractivity contribution in [1.29, 1.82) is 0 Å². The number of amides is 1. The smallest absolute Gasteiger partial charge is 0.251 e. The van der Waals surface area contributed by atoms with Crippen LogP contribution in [0.3, 0.4) is 0 Å². The second kappa shape index (κ2) is 9.24. The van der Waals surface area contributed by atoms with Crippen molar-refractivity contribution in [2.75, 3.05) is 11.0 Å². The molecule has 0 aliphatic heterocycles. The first-order valence-electron chi connectivity index (χ1n) is 9.84. The SMILES string of the molecule is CS(=O)(=O)Nc1cccc(C(=O)NC(CC2CCCCC2)c2ccccc2)c1. The van der Waals surface area contributed by atoms with E-state index in [-0.39, 0.29) is 11.9 Å². The summed E-state index contributed by atoms with van der Waals surface area (Å²) >= 11 is 0. The summed E-state index contributed by atoms with van der Waals surface area (Å²) in [5.41, 5.74) is 1.93. The van der Waals surface area contributed by atoms with Crippen molar-refractivity contribution >= 4 is 21.6 Å². The molecule has 28 heavy (non-hydrogen) atoms. The third-order valence-electron chi connectivity index (χ3n) is 5.23. The van der Waals surface area contributed by atoms with Gasteiger partial charge in [-0.05, 0) is 36.1 Å². The van der Waals surface area contributed by atoms with Crippen LogP contribution in [-0.2, 0) is 10.0 Å². The van der Waals surface area contributed by atoms with Gasteiger partial charge in [-0.3, -0.25) is 9.52 Å². The zero-order valence-corrected chi connectivity index (χ0v) is 17.0. The maximum absolute atomic E-state index is 12.9. The molecule has 2 N–H and O–H groups in total. The molecule has 150 valence electrons. The molecule has 0 bridgehead atoms. The Kier molecular flexibility index (Phi) is 6.73. The van der Waals surface area contributed by atoms with Gasteiger partial charge >= 0.3 is 0 Å². The maximum atomic E-state index is 12.9. The molecular formula is C22H28N2O3S. The first-order valence-corrected chi connectivity index (χ1v) is 11.7. The molecule has 0 aromatic heterocycles. The zero-order valence-electron chi connectivity index (χ0n) is 16.2. The summed E-state index contributed by atoms with van der Waals surface area (Å²) in [6.45, 7) is 0. The van der Waals surface area contributed by atoms with Crippen LogP contribution in [0.2, 0.25) is 0 Å². The van der Waals surface area contributed by atoms with Crippen LogP contribution in [0.25, 0.3) is 0 Å². The van der Waals surface area contributed by atoms with Crippen LogP contribution in [0, 0.1) is 5.92 Å². The highest BCUT2D eigenvalue weighted by Crippen LogP contribution is 2.32. The number of carbonyl (C=O) groups excluding carboxylic acids is 1. The topological polar surface area (TPSA) is 75.3 Å². The van der Waals surface area contributed by atoms with Gasteiger partial charge in [0.2, 0.25) is 10.0 Å². The summed E-state index contributed by atoms with van der Waals surface area (Å²) in [5.74, 6) is 0.430. The number of anilines is 1. The molecule has 5 nitrogen and oxygen atoms in total. The monoisotopic (exact) mass is 400 g/mol. The second-order valence-electron chi connectivity index (χ2n) is 7.63. The Morgan fingerprint density at radius 2 is 1.75 bits per heavy atom. The molecule has 1 aliphatic carbocycles. The van der Waals surface area contributed by atoms with E-state index in [9.17, 15) is 13.2 Å². The summed E-state index contributed by atoms with van der Waals surface area (Å²) < 4.78 is 25.3. The largest absolute Gasteiger partial charge is 0.345 e. The van der Waals surface area contributed by atoms with Crippen molar-refractivity contribution in [3.8, 4) is 0 Å². The van der Waals surface area contributed by atoms with Crippen LogP contribution in [0.5, 0.6) is 0 Å². The third-order valence-corrected chi connectivity index (χ3v) is 5.84. The van der Waals surface area contributed by atoms with Crippen molar-refractivity contribution in [2.45, 2.75) is 44.6 Å². The summed E-state index contributed by atoms with van der Waals surface area (Å²) in [6.07, 6.45) is 8.28. The minimum Gasteiger partial charge on any atom is -0.345 e. The third kappa shape index (κ3) is 6.09. The number of sulfonamides is 1. The van der Waals surface area contributed by atoms with Crippen molar-refractivity contribution in [3.63, 3.8) is 0 Å². The minimum absolute atomic E-state index is 0.0525. The van der Waals surface area contributed by atoms with Gasteiger partial charge in [0.05, 0.1) is 12.3 Å². The molecule has 1 saturated carbocycles. The van der Waals surface area contributed by atoms with Gasteiger partial charge in [0.1, 0.15) is 0 Å². The van der Waals surface area contributed by atoms with Crippen molar-refractivity contribution < 1.29 is 13.2 Å². The zero-order chi connectivity index (χ0) is 20.0. The highest BCUT2D eigenvalue weighted by Gasteiger charge is 2.22. The molecule has 0 radical (unpaired) electrons. The lowest BCUT2D eigenvalue weighted by Crippen LogP contribution is -2.30. The van der Waals surface area contributed by atoms with E-state index >= 15 is 0 Å². The quantitative estimate of drug-likeness (QED) is 0.718. The van der Waals surface area contributed by atoms with Gasteiger partial charge in [-0.25, -0.2) is 8.42 Å². The molecule has 1 fully saturated rings. The number of rotatable bonds is 7. The van der Waals surface area contributed by atoms with Gasteiger partial charge in [-0.15, -0.1) is 0 Å². The fourth-order valence-electron chi connectivity index (χ4n) is 3.90. The minimum atomic E-state index is -3.39. The fourth-order valence-corrected chi connectivity index (χ4v) is 4.45. The van der Waals surface area contributed by atoms with Gasteiger partial charge in [0.25, 0.3) is 5.91 Å². The Balaban J connectivity index is 1.76. The summed E-state index contributed by atoms with van der Waals surface area (Å²) in [5, 5.41) is 3.17. The Morgan fingerprint density at radius 3 is 2.43 bits per heavy atom. The van der Waals surface area contributed by atoms with Gasteiger partial charge < -0.3 is 5.32 Å². The first kappa shape index (κ1) is 20.4. The molecule has 6 heteroatoms. The molecule has 1 amide bonds. The van der Waals surface area contributed by atoms with Crippen molar-refractivity contribution in [3.05, 3.63) is 65.7 Å².